The maximum atomic E-state index is 12.7. The van der Waals surface area contributed by atoms with Crippen molar-refractivity contribution in [2.45, 2.75) is 83.8 Å². The third kappa shape index (κ3) is 4.95. The Kier molecular flexibility index (Phi) is 6.17. The van der Waals surface area contributed by atoms with Crippen molar-refractivity contribution in [1.29, 1.82) is 0 Å². The van der Waals surface area contributed by atoms with E-state index in [4.69, 9.17) is 9.47 Å². The normalized spacial score (nSPS) is 36.4. The van der Waals surface area contributed by atoms with Crippen molar-refractivity contribution in [2.24, 2.45) is 35.5 Å². The van der Waals surface area contributed by atoms with Gasteiger partial charge in [0.15, 0.2) is 0 Å². The van der Waals surface area contributed by atoms with Crippen molar-refractivity contribution in [1.82, 2.24) is 0 Å². The van der Waals surface area contributed by atoms with Gasteiger partial charge in [0.2, 0.25) is 0 Å². The lowest BCUT2D eigenvalue weighted by molar-refractivity contribution is -0.159. The molecule has 4 aliphatic rings. The molecule has 0 radical (unpaired) electrons. The average molecular weight is 401 g/mol. The number of allylic oxidation sites excluding steroid dienone is 3. The summed E-state index contributed by atoms with van der Waals surface area (Å²) in [4.78, 5) is 24.3. The van der Waals surface area contributed by atoms with Gasteiger partial charge in [-0.25, -0.2) is 0 Å². The van der Waals surface area contributed by atoms with Crippen LogP contribution in [0.3, 0.4) is 0 Å². The monoisotopic (exact) mass is 400 g/mol. The fourth-order valence-electron chi connectivity index (χ4n) is 6.23. The second-order valence-electron chi connectivity index (χ2n) is 9.95. The highest BCUT2D eigenvalue weighted by Gasteiger charge is 2.46. The van der Waals surface area contributed by atoms with Crippen LogP contribution in [0.1, 0.15) is 71.6 Å². The van der Waals surface area contributed by atoms with E-state index >= 15 is 0 Å². The Balaban J connectivity index is 1.27. The first-order valence-corrected chi connectivity index (χ1v) is 11.7. The van der Waals surface area contributed by atoms with Gasteiger partial charge < -0.3 is 9.47 Å². The maximum absolute atomic E-state index is 12.7. The summed E-state index contributed by atoms with van der Waals surface area (Å²) in [5.74, 6) is 3.44. The van der Waals surface area contributed by atoms with Gasteiger partial charge in [-0.2, -0.15) is 0 Å². The molecule has 0 aromatic heterocycles. The molecule has 4 rings (SSSR count). The van der Waals surface area contributed by atoms with E-state index in [9.17, 15) is 9.59 Å². The number of hydrogen-bond acceptors (Lipinski definition) is 4. The Morgan fingerprint density at radius 1 is 1.17 bits per heavy atom. The molecule has 3 fully saturated rings. The molecule has 0 aromatic rings. The Morgan fingerprint density at radius 2 is 2.00 bits per heavy atom. The molecular formula is C25H36O4. The highest BCUT2D eigenvalue weighted by Crippen LogP contribution is 2.54. The predicted octanol–water partition coefficient (Wildman–Crippen LogP) is 5.22. The van der Waals surface area contributed by atoms with Crippen molar-refractivity contribution < 1.29 is 19.1 Å². The van der Waals surface area contributed by atoms with Crippen LogP contribution in [0, 0.1) is 35.5 Å². The molecule has 160 valence electrons. The van der Waals surface area contributed by atoms with Gasteiger partial charge in [0, 0.05) is 6.92 Å². The van der Waals surface area contributed by atoms with E-state index in [-0.39, 0.29) is 30.6 Å². The smallest absolute Gasteiger partial charge is 0.309 e. The number of esters is 2. The van der Waals surface area contributed by atoms with Crippen molar-refractivity contribution in [2.75, 3.05) is 0 Å². The van der Waals surface area contributed by atoms with Gasteiger partial charge in [0.05, 0.1) is 6.42 Å². The predicted molar refractivity (Wildman–Crippen MR) is 112 cm³/mol. The quantitative estimate of drug-likeness (QED) is 0.393. The van der Waals surface area contributed by atoms with E-state index in [1.165, 1.54) is 31.8 Å². The highest BCUT2D eigenvalue weighted by molar-refractivity contribution is 5.71. The average Bonchev–Trinajstić information content (AvgIpc) is 3.17. The van der Waals surface area contributed by atoms with Gasteiger partial charge in [-0.1, -0.05) is 31.2 Å². The molecule has 4 aliphatic carbocycles. The minimum Gasteiger partial charge on any atom is -0.462 e. The molecule has 2 bridgehead atoms. The summed E-state index contributed by atoms with van der Waals surface area (Å²) in [6.45, 7) is 7.75. The summed E-state index contributed by atoms with van der Waals surface area (Å²) < 4.78 is 11.4. The minimum absolute atomic E-state index is 0.0468. The highest BCUT2D eigenvalue weighted by atomic mass is 16.6. The SMILES string of the molecule is C=C1CC(C(CC)OC(=O)CC(CCC2CC3C=CC2C3)OC(C)=O)CC2CC12. The second-order valence-corrected chi connectivity index (χ2v) is 9.95. The van der Waals surface area contributed by atoms with Crippen LogP contribution in [0.4, 0.5) is 0 Å². The minimum atomic E-state index is -0.366. The lowest BCUT2D eigenvalue weighted by Crippen LogP contribution is -2.31. The molecule has 4 nitrogen and oxygen atoms in total. The Bertz CT molecular complexity index is 680. The number of ether oxygens (including phenoxy) is 2. The first kappa shape index (κ1) is 20.7. The molecular weight excluding hydrogens is 364 g/mol. The van der Waals surface area contributed by atoms with Crippen LogP contribution in [0.15, 0.2) is 24.3 Å². The molecule has 0 saturated heterocycles. The molecule has 0 amide bonds. The topological polar surface area (TPSA) is 52.6 Å². The number of fused-ring (bicyclic) bond motifs is 3. The lowest BCUT2D eigenvalue weighted by atomic mass is 9.82. The zero-order chi connectivity index (χ0) is 20.5. The van der Waals surface area contributed by atoms with Gasteiger partial charge in [-0.05, 0) is 86.9 Å². The van der Waals surface area contributed by atoms with Crippen LogP contribution >= 0.6 is 0 Å². The molecule has 0 aromatic carbocycles. The number of hydrogen-bond donors (Lipinski definition) is 0. The standard InChI is InChI=1S/C25H36O4/c1-4-24(21-9-15(2)23-13-20(23)12-21)29-25(27)14-22(28-16(3)26)8-7-19-11-17-5-6-18(19)10-17/h5-6,17-24H,2,4,7-14H2,1,3H3. The Hall–Kier alpha value is -1.58. The van der Waals surface area contributed by atoms with Crippen molar-refractivity contribution in [3.05, 3.63) is 24.3 Å². The second kappa shape index (κ2) is 8.65. The Labute approximate surface area is 175 Å². The molecule has 3 saturated carbocycles. The van der Waals surface area contributed by atoms with Crippen LogP contribution in [-0.4, -0.2) is 24.1 Å². The fourth-order valence-corrected chi connectivity index (χ4v) is 6.23. The molecule has 0 spiro atoms. The maximum Gasteiger partial charge on any atom is 0.309 e. The summed E-state index contributed by atoms with van der Waals surface area (Å²) in [6, 6.07) is 0. The summed E-state index contributed by atoms with van der Waals surface area (Å²) in [5.41, 5.74) is 1.35. The van der Waals surface area contributed by atoms with Crippen molar-refractivity contribution >= 4 is 11.9 Å². The van der Waals surface area contributed by atoms with Crippen LogP contribution < -0.4 is 0 Å². The van der Waals surface area contributed by atoms with Gasteiger partial charge in [0.25, 0.3) is 0 Å². The third-order valence-electron chi connectivity index (χ3n) is 7.79. The molecule has 0 aliphatic heterocycles. The lowest BCUT2D eigenvalue weighted by Gasteiger charge is -2.30. The van der Waals surface area contributed by atoms with E-state index in [1.54, 1.807) is 0 Å². The van der Waals surface area contributed by atoms with E-state index in [2.05, 4.69) is 25.7 Å². The van der Waals surface area contributed by atoms with Crippen LogP contribution in [0.5, 0.6) is 0 Å². The third-order valence-corrected chi connectivity index (χ3v) is 7.79. The van der Waals surface area contributed by atoms with E-state index in [0.29, 0.717) is 17.8 Å². The van der Waals surface area contributed by atoms with Crippen molar-refractivity contribution in [3.63, 3.8) is 0 Å². The van der Waals surface area contributed by atoms with E-state index in [0.717, 1.165) is 49.9 Å². The molecule has 8 unspecified atom stereocenters. The van der Waals surface area contributed by atoms with Gasteiger partial charge in [-0.3, -0.25) is 9.59 Å². The zero-order valence-corrected chi connectivity index (χ0v) is 18.0. The number of carbonyl (C=O) groups is 2. The van der Waals surface area contributed by atoms with Crippen LogP contribution in [0.2, 0.25) is 0 Å². The van der Waals surface area contributed by atoms with E-state index < -0.39 is 0 Å². The van der Waals surface area contributed by atoms with Gasteiger partial charge in [-0.15, -0.1) is 0 Å². The number of rotatable bonds is 9. The summed E-state index contributed by atoms with van der Waals surface area (Å²) >= 11 is 0. The van der Waals surface area contributed by atoms with Crippen molar-refractivity contribution in [3.8, 4) is 0 Å². The largest absolute Gasteiger partial charge is 0.462 e. The van der Waals surface area contributed by atoms with Crippen LogP contribution in [0.25, 0.3) is 0 Å². The zero-order valence-electron chi connectivity index (χ0n) is 18.0. The first-order valence-electron chi connectivity index (χ1n) is 11.7. The van der Waals surface area contributed by atoms with Crippen LogP contribution in [-0.2, 0) is 19.1 Å². The summed E-state index contributed by atoms with van der Waals surface area (Å²) in [5, 5.41) is 0. The molecule has 4 heteroatoms. The first-order chi connectivity index (χ1) is 13.9. The van der Waals surface area contributed by atoms with Gasteiger partial charge >= 0.3 is 11.9 Å². The molecule has 0 N–H and O–H groups in total. The molecule has 0 heterocycles. The Morgan fingerprint density at radius 3 is 2.62 bits per heavy atom. The summed E-state index contributed by atoms with van der Waals surface area (Å²) in [6.07, 6.45) is 13.0. The summed E-state index contributed by atoms with van der Waals surface area (Å²) in [7, 11) is 0. The molecule has 29 heavy (non-hydrogen) atoms. The number of carbonyl (C=O) groups excluding carboxylic acids is 2. The van der Waals surface area contributed by atoms with E-state index in [1.807, 2.05) is 0 Å². The molecule has 8 atom stereocenters. The van der Waals surface area contributed by atoms with Gasteiger partial charge in [0.1, 0.15) is 12.2 Å². The fraction of sp³-hybridized carbons (Fsp3) is 0.760.